The Bertz CT molecular complexity index is 578. The SMILES string of the molecule is CC(CN(C)Cc1ccc(-c2ccccc2)cc1)C(=O)O. The quantitative estimate of drug-likeness (QED) is 0.882. The molecule has 0 bridgehead atoms. The van der Waals surface area contributed by atoms with Crippen LogP contribution in [0, 0.1) is 5.92 Å². The van der Waals surface area contributed by atoms with Crippen molar-refractivity contribution in [2.45, 2.75) is 13.5 Å². The third-order valence-electron chi connectivity index (χ3n) is 3.52. The van der Waals surface area contributed by atoms with Crippen LogP contribution < -0.4 is 0 Å². The molecule has 0 saturated heterocycles. The molecule has 0 heterocycles. The van der Waals surface area contributed by atoms with E-state index >= 15 is 0 Å². The molecule has 2 aromatic rings. The Hall–Kier alpha value is -2.13. The zero-order valence-electron chi connectivity index (χ0n) is 12.5. The predicted octanol–water partition coefficient (Wildman–Crippen LogP) is 3.51. The van der Waals surface area contributed by atoms with Crippen molar-refractivity contribution in [1.29, 1.82) is 0 Å². The Balaban J connectivity index is 1.98. The van der Waals surface area contributed by atoms with E-state index in [1.165, 1.54) is 16.7 Å². The fourth-order valence-corrected chi connectivity index (χ4v) is 2.36. The zero-order valence-corrected chi connectivity index (χ0v) is 12.5. The van der Waals surface area contributed by atoms with Gasteiger partial charge < -0.3 is 10.0 Å². The summed E-state index contributed by atoms with van der Waals surface area (Å²) in [5.74, 6) is -1.10. The van der Waals surface area contributed by atoms with Crippen LogP contribution in [0.15, 0.2) is 54.6 Å². The van der Waals surface area contributed by atoms with Gasteiger partial charge in [0.2, 0.25) is 0 Å². The first kappa shape index (κ1) is 15.3. The van der Waals surface area contributed by atoms with E-state index in [1.807, 2.05) is 30.1 Å². The summed E-state index contributed by atoms with van der Waals surface area (Å²) in [6, 6.07) is 18.7. The van der Waals surface area contributed by atoms with Gasteiger partial charge in [-0.2, -0.15) is 0 Å². The Kier molecular flexibility index (Phi) is 5.12. The van der Waals surface area contributed by atoms with Gasteiger partial charge in [0.25, 0.3) is 0 Å². The van der Waals surface area contributed by atoms with Crippen molar-refractivity contribution < 1.29 is 9.90 Å². The number of benzene rings is 2. The minimum Gasteiger partial charge on any atom is -0.481 e. The van der Waals surface area contributed by atoms with Gasteiger partial charge in [0.15, 0.2) is 0 Å². The van der Waals surface area contributed by atoms with Crippen molar-refractivity contribution in [3.63, 3.8) is 0 Å². The highest BCUT2D eigenvalue weighted by Gasteiger charge is 2.13. The second-order valence-electron chi connectivity index (χ2n) is 5.50. The van der Waals surface area contributed by atoms with Gasteiger partial charge >= 0.3 is 5.97 Å². The van der Waals surface area contributed by atoms with Gasteiger partial charge in [0, 0.05) is 13.1 Å². The number of rotatable bonds is 6. The molecule has 3 heteroatoms. The van der Waals surface area contributed by atoms with Crippen LogP contribution in [0.25, 0.3) is 11.1 Å². The topological polar surface area (TPSA) is 40.5 Å². The average molecular weight is 283 g/mol. The third-order valence-corrected chi connectivity index (χ3v) is 3.52. The van der Waals surface area contributed by atoms with Crippen LogP contribution in [0.1, 0.15) is 12.5 Å². The number of nitrogens with zero attached hydrogens (tertiary/aromatic N) is 1. The number of carbonyl (C=O) groups is 1. The van der Waals surface area contributed by atoms with Gasteiger partial charge in [-0.25, -0.2) is 0 Å². The second kappa shape index (κ2) is 7.04. The molecule has 0 radical (unpaired) electrons. The van der Waals surface area contributed by atoms with Crippen molar-refractivity contribution in [2.75, 3.05) is 13.6 Å². The molecule has 0 fully saturated rings. The highest BCUT2D eigenvalue weighted by atomic mass is 16.4. The number of carboxylic acid groups (broad SMARTS) is 1. The first-order valence-electron chi connectivity index (χ1n) is 7.12. The first-order valence-corrected chi connectivity index (χ1v) is 7.12. The van der Waals surface area contributed by atoms with Crippen LogP contribution in [0.2, 0.25) is 0 Å². The monoisotopic (exact) mass is 283 g/mol. The maximum Gasteiger partial charge on any atom is 0.307 e. The number of carboxylic acids is 1. The van der Waals surface area contributed by atoms with Crippen LogP contribution in [0.4, 0.5) is 0 Å². The highest BCUT2D eigenvalue weighted by Crippen LogP contribution is 2.19. The average Bonchev–Trinajstić information content (AvgIpc) is 2.48. The summed E-state index contributed by atoms with van der Waals surface area (Å²) in [6.07, 6.45) is 0. The maximum absolute atomic E-state index is 10.9. The van der Waals surface area contributed by atoms with Gasteiger partial charge in [-0.05, 0) is 23.7 Å². The fourth-order valence-electron chi connectivity index (χ4n) is 2.36. The summed E-state index contributed by atoms with van der Waals surface area (Å²) in [6.45, 7) is 3.04. The summed E-state index contributed by atoms with van der Waals surface area (Å²) < 4.78 is 0. The Morgan fingerprint density at radius 1 is 1.05 bits per heavy atom. The molecular weight excluding hydrogens is 262 g/mol. The molecular formula is C18H21NO2. The van der Waals surface area contributed by atoms with Crippen LogP contribution in [0.5, 0.6) is 0 Å². The van der Waals surface area contributed by atoms with Crippen molar-refractivity contribution in [3.8, 4) is 11.1 Å². The summed E-state index contributed by atoms with van der Waals surface area (Å²) in [5.41, 5.74) is 3.59. The molecule has 0 aliphatic heterocycles. The highest BCUT2D eigenvalue weighted by molar-refractivity contribution is 5.69. The molecule has 2 aromatic carbocycles. The van der Waals surface area contributed by atoms with Crippen molar-refractivity contribution >= 4 is 5.97 Å². The summed E-state index contributed by atoms with van der Waals surface area (Å²) in [5, 5.41) is 8.93. The normalized spacial score (nSPS) is 12.3. The minimum atomic E-state index is -0.749. The smallest absolute Gasteiger partial charge is 0.307 e. The lowest BCUT2D eigenvalue weighted by atomic mass is 10.0. The van der Waals surface area contributed by atoms with Gasteiger partial charge in [0.1, 0.15) is 0 Å². The van der Waals surface area contributed by atoms with E-state index in [9.17, 15) is 4.79 Å². The maximum atomic E-state index is 10.9. The Morgan fingerprint density at radius 3 is 2.19 bits per heavy atom. The van der Waals surface area contributed by atoms with E-state index < -0.39 is 5.97 Å². The number of hydrogen-bond acceptors (Lipinski definition) is 2. The van der Waals surface area contributed by atoms with E-state index in [1.54, 1.807) is 6.92 Å². The van der Waals surface area contributed by atoms with E-state index in [0.29, 0.717) is 6.54 Å². The van der Waals surface area contributed by atoms with E-state index in [2.05, 4.69) is 36.4 Å². The fraction of sp³-hybridized carbons (Fsp3) is 0.278. The van der Waals surface area contributed by atoms with Crippen LogP contribution >= 0.6 is 0 Å². The van der Waals surface area contributed by atoms with Gasteiger partial charge in [-0.15, -0.1) is 0 Å². The van der Waals surface area contributed by atoms with Crippen molar-refractivity contribution in [1.82, 2.24) is 4.90 Å². The third kappa shape index (κ3) is 4.43. The molecule has 0 aliphatic carbocycles. The first-order chi connectivity index (χ1) is 10.1. The summed E-state index contributed by atoms with van der Waals surface area (Å²) in [4.78, 5) is 12.9. The van der Waals surface area contributed by atoms with Crippen molar-refractivity contribution in [2.24, 2.45) is 5.92 Å². The van der Waals surface area contributed by atoms with Crippen molar-refractivity contribution in [3.05, 3.63) is 60.2 Å². The molecule has 110 valence electrons. The number of aliphatic carboxylic acids is 1. The second-order valence-corrected chi connectivity index (χ2v) is 5.50. The van der Waals surface area contributed by atoms with E-state index in [0.717, 1.165) is 6.54 Å². The van der Waals surface area contributed by atoms with Crippen LogP contribution in [0.3, 0.4) is 0 Å². The lowest BCUT2D eigenvalue weighted by molar-refractivity contribution is -0.141. The molecule has 2 rings (SSSR count). The molecule has 3 nitrogen and oxygen atoms in total. The van der Waals surface area contributed by atoms with Crippen LogP contribution in [-0.4, -0.2) is 29.6 Å². The van der Waals surface area contributed by atoms with E-state index in [-0.39, 0.29) is 5.92 Å². The lowest BCUT2D eigenvalue weighted by Gasteiger charge is -2.19. The molecule has 1 unspecified atom stereocenters. The molecule has 21 heavy (non-hydrogen) atoms. The van der Waals surface area contributed by atoms with Gasteiger partial charge in [0.05, 0.1) is 5.92 Å². The Labute approximate surface area is 125 Å². The molecule has 0 amide bonds. The predicted molar refractivity (Wildman–Crippen MR) is 85.0 cm³/mol. The molecule has 1 N–H and O–H groups in total. The van der Waals surface area contributed by atoms with Gasteiger partial charge in [-0.1, -0.05) is 61.5 Å². The molecule has 0 aliphatic rings. The lowest BCUT2D eigenvalue weighted by Crippen LogP contribution is -2.28. The zero-order chi connectivity index (χ0) is 15.2. The molecule has 0 aromatic heterocycles. The molecule has 0 saturated carbocycles. The van der Waals surface area contributed by atoms with Crippen LogP contribution in [-0.2, 0) is 11.3 Å². The van der Waals surface area contributed by atoms with E-state index in [4.69, 9.17) is 5.11 Å². The summed E-state index contributed by atoms with van der Waals surface area (Å²) in [7, 11) is 1.95. The van der Waals surface area contributed by atoms with Gasteiger partial charge in [-0.3, -0.25) is 4.79 Å². The Morgan fingerprint density at radius 2 is 1.62 bits per heavy atom. The summed E-state index contributed by atoms with van der Waals surface area (Å²) >= 11 is 0. The minimum absolute atomic E-state index is 0.349. The molecule has 0 spiro atoms. The largest absolute Gasteiger partial charge is 0.481 e. The number of hydrogen-bond donors (Lipinski definition) is 1. The molecule has 1 atom stereocenters. The standard InChI is InChI=1S/C18H21NO2/c1-14(18(20)21)12-19(2)13-15-8-10-17(11-9-15)16-6-4-3-5-7-16/h3-11,14H,12-13H2,1-2H3,(H,20,21).